The highest BCUT2D eigenvalue weighted by Crippen LogP contribution is 2.29. The van der Waals surface area contributed by atoms with Crippen LogP contribution < -0.4 is 0 Å². The largest absolute Gasteiger partial charge is 0.481 e. The van der Waals surface area contributed by atoms with Gasteiger partial charge in [-0.2, -0.15) is 4.31 Å². The summed E-state index contributed by atoms with van der Waals surface area (Å²) in [7, 11) is -3.56. The first kappa shape index (κ1) is 16.7. The number of carbonyl (C=O) groups is 1. The molecule has 5 nitrogen and oxygen atoms in total. The van der Waals surface area contributed by atoms with Gasteiger partial charge in [0.2, 0.25) is 10.0 Å². The Hall–Kier alpha value is -0.630. The summed E-state index contributed by atoms with van der Waals surface area (Å²) >= 11 is 9.09. The van der Waals surface area contributed by atoms with Crippen molar-refractivity contribution in [1.82, 2.24) is 4.31 Å². The van der Waals surface area contributed by atoms with E-state index in [1.165, 1.54) is 22.5 Å². The Kier molecular flexibility index (Phi) is 5.29. The summed E-state index contributed by atoms with van der Waals surface area (Å²) in [6.07, 6.45) is 1.24. The summed E-state index contributed by atoms with van der Waals surface area (Å²) in [5, 5.41) is 9.23. The number of piperidine rings is 1. The number of carboxylic acids is 1. The van der Waals surface area contributed by atoms with E-state index < -0.39 is 16.0 Å². The molecule has 0 saturated carbocycles. The fourth-order valence-corrected chi connectivity index (χ4v) is 4.53. The quantitative estimate of drug-likeness (QED) is 0.849. The molecule has 1 aromatic carbocycles. The second kappa shape index (κ2) is 6.64. The molecule has 0 radical (unpaired) electrons. The molecule has 0 aromatic heterocycles. The van der Waals surface area contributed by atoms with Crippen molar-refractivity contribution >= 4 is 43.5 Å². The molecule has 0 atom stereocenters. The number of benzene rings is 1. The zero-order chi connectivity index (χ0) is 15.6. The van der Waals surface area contributed by atoms with Crippen LogP contribution in [0.25, 0.3) is 0 Å². The molecule has 0 amide bonds. The molecule has 2 rings (SSSR count). The Morgan fingerprint density at radius 3 is 2.52 bits per heavy atom. The van der Waals surface area contributed by atoms with Gasteiger partial charge < -0.3 is 5.11 Å². The summed E-state index contributed by atoms with van der Waals surface area (Å²) < 4.78 is 27.0. The van der Waals surface area contributed by atoms with Gasteiger partial charge in [-0.15, -0.1) is 0 Å². The van der Waals surface area contributed by atoms with Crippen LogP contribution in [0.4, 0.5) is 0 Å². The van der Waals surface area contributed by atoms with Crippen LogP contribution in [0.1, 0.15) is 19.3 Å². The van der Waals surface area contributed by atoms with Gasteiger partial charge in [-0.1, -0.05) is 11.6 Å². The number of sulfonamides is 1. The van der Waals surface area contributed by atoms with Crippen molar-refractivity contribution in [3.05, 3.63) is 27.7 Å². The SMILES string of the molecule is O=C(O)CC1CCN(S(=O)(=O)c2ccc(Cl)c(Br)c2)CC1. The summed E-state index contributed by atoms with van der Waals surface area (Å²) in [5.74, 6) is -0.788. The normalized spacial score (nSPS) is 17.8. The predicted octanol–water partition coefficient (Wildman–Crippen LogP) is 2.98. The lowest BCUT2D eigenvalue weighted by molar-refractivity contribution is -0.138. The summed E-state index contributed by atoms with van der Waals surface area (Å²) in [4.78, 5) is 10.9. The maximum absolute atomic E-state index is 12.5. The van der Waals surface area contributed by atoms with Gasteiger partial charge in [-0.3, -0.25) is 4.79 Å². The van der Waals surface area contributed by atoms with E-state index in [1.807, 2.05) is 0 Å². The lowest BCUT2D eigenvalue weighted by atomic mass is 9.95. The second-order valence-electron chi connectivity index (χ2n) is 5.02. The van der Waals surface area contributed by atoms with Gasteiger partial charge in [0.15, 0.2) is 0 Å². The Labute approximate surface area is 137 Å². The molecule has 1 heterocycles. The maximum atomic E-state index is 12.5. The van der Waals surface area contributed by atoms with E-state index in [9.17, 15) is 13.2 Å². The Balaban J connectivity index is 2.11. The van der Waals surface area contributed by atoms with Crippen molar-refractivity contribution in [3.8, 4) is 0 Å². The first-order valence-electron chi connectivity index (χ1n) is 6.47. The molecule has 0 bridgehead atoms. The lowest BCUT2D eigenvalue weighted by Crippen LogP contribution is -2.38. The number of rotatable bonds is 4. The monoisotopic (exact) mass is 395 g/mol. The van der Waals surface area contributed by atoms with Gasteiger partial charge in [0, 0.05) is 24.0 Å². The van der Waals surface area contributed by atoms with Gasteiger partial charge in [0.25, 0.3) is 0 Å². The smallest absolute Gasteiger partial charge is 0.303 e. The molecule has 0 unspecified atom stereocenters. The minimum atomic E-state index is -3.56. The molecule has 0 aliphatic carbocycles. The molecule has 1 N–H and O–H groups in total. The number of halogens is 2. The van der Waals surface area contributed by atoms with Crippen LogP contribution in [0.15, 0.2) is 27.6 Å². The molecular formula is C13H15BrClNO4S. The zero-order valence-corrected chi connectivity index (χ0v) is 14.3. The Morgan fingerprint density at radius 2 is 2.00 bits per heavy atom. The molecule has 0 spiro atoms. The van der Waals surface area contributed by atoms with E-state index in [1.54, 1.807) is 0 Å². The van der Waals surface area contributed by atoms with Gasteiger partial charge in [-0.25, -0.2) is 8.42 Å². The highest BCUT2D eigenvalue weighted by atomic mass is 79.9. The number of carboxylic acid groups (broad SMARTS) is 1. The van der Waals surface area contributed by atoms with Crippen molar-refractivity contribution in [2.45, 2.75) is 24.2 Å². The summed E-state index contributed by atoms with van der Waals surface area (Å²) in [5.41, 5.74) is 0. The van der Waals surface area contributed by atoms with E-state index >= 15 is 0 Å². The van der Waals surface area contributed by atoms with Crippen molar-refractivity contribution < 1.29 is 18.3 Å². The first-order chi connectivity index (χ1) is 9.80. The van der Waals surface area contributed by atoms with Crippen molar-refractivity contribution in [3.63, 3.8) is 0 Å². The molecule has 1 saturated heterocycles. The second-order valence-corrected chi connectivity index (χ2v) is 8.22. The topological polar surface area (TPSA) is 74.7 Å². The highest BCUT2D eigenvalue weighted by Gasteiger charge is 2.30. The van der Waals surface area contributed by atoms with Crippen LogP contribution in [0.5, 0.6) is 0 Å². The van der Waals surface area contributed by atoms with Crippen molar-refractivity contribution in [2.75, 3.05) is 13.1 Å². The third-order valence-corrected chi connectivity index (χ3v) is 6.67. The zero-order valence-electron chi connectivity index (χ0n) is 11.1. The molecule has 116 valence electrons. The van der Waals surface area contributed by atoms with Gasteiger partial charge in [0.05, 0.1) is 9.92 Å². The van der Waals surface area contributed by atoms with E-state index in [0.717, 1.165) is 0 Å². The van der Waals surface area contributed by atoms with Crippen LogP contribution in [-0.4, -0.2) is 36.9 Å². The number of nitrogens with zero attached hydrogens (tertiary/aromatic N) is 1. The molecule has 1 aromatic rings. The minimum Gasteiger partial charge on any atom is -0.481 e. The number of aliphatic carboxylic acids is 1. The Bertz CT molecular complexity index is 642. The average Bonchev–Trinajstić information content (AvgIpc) is 2.41. The highest BCUT2D eigenvalue weighted by molar-refractivity contribution is 9.10. The van der Waals surface area contributed by atoms with Crippen LogP contribution in [0, 0.1) is 5.92 Å². The summed E-state index contributed by atoms with van der Waals surface area (Å²) in [6, 6.07) is 4.50. The fourth-order valence-electron chi connectivity index (χ4n) is 2.39. The molecule has 1 aliphatic rings. The molecular weight excluding hydrogens is 382 g/mol. The standard InChI is InChI=1S/C13H15BrClNO4S/c14-11-8-10(1-2-12(11)15)21(19,20)16-5-3-9(4-6-16)7-13(17)18/h1-2,8-9H,3-7H2,(H,17,18). The summed E-state index contributed by atoms with van der Waals surface area (Å²) in [6.45, 7) is 0.695. The molecule has 1 aliphatic heterocycles. The van der Waals surface area contributed by atoms with Gasteiger partial charge in [-0.05, 0) is 52.9 Å². The van der Waals surface area contributed by atoms with Crippen LogP contribution in [-0.2, 0) is 14.8 Å². The third kappa shape index (κ3) is 3.97. The molecule has 8 heteroatoms. The van der Waals surface area contributed by atoms with E-state index in [2.05, 4.69) is 15.9 Å². The molecule has 1 fully saturated rings. The number of hydrogen-bond acceptors (Lipinski definition) is 3. The maximum Gasteiger partial charge on any atom is 0.303 e. The predicted molar refractivity (Wildman–Crippen MR) is 82.9 cm³/mol. The van der Waals surface area contributed by atoms with E-state index in [0.29, 0.717) is 35.4 Å². The Morgan fingerprint density at radius 1 is 1.38 bits per heavy atom. The average molecular weight is 397 g/mol. The lowest BCUT2D eigenvalue weighted by Gasteiger charge is -2.30. The van der Waals surface area contributed by atoms with Crippen LogP contribution >= 0.6 is 27.5 Å². The van der Waals surface area contributed by atoms with Gasteiger partial charge >= 0.3 is 5.97 Å². The van der Waals surface area contributed by atoms with E-state index in [-0.39, 0.29) is 17.2 Å². The van der Waals surface area contributed by atoms with Crippen molar-refractivity contribution in [1.29, 1.82) is 0 Å². The first-order valence-corrected chi connectivity index (χ1v) is 9.09. The third-order valence-electron chi connectivity index (χ3n) is 3.57. The van der Waals surface area contributed by atoms with Crippen LogP contribution in [0.3, 0.4) is 0 Å². The van der Waals surface area contributed by atoms with Crippen molar-refractivity contribution in [2.24, 2.45) is 5.92 Å². The number of hydrogen-bond donors (Lipinski definition) is 1. The fraction of sp³-hybridized carbons (Fsp3) is 0.462. The molecule has 21 heavy (non-hydrogen) atoms. The minimum absolute atomic E-state index is 0.0471. The van der Waals surface area contributed by atoms with E-state index in [4.69, 9.17) is 16.7 Å². The van der Waals surface area contributed by atoms with Crippen LogP contribution in [0.2, 0.25) is 5.02 Å². The van der Waals surface area contributed by atoms with Gasteiger partial charge in [0.1, 0.15) is 0 Å².